The average molecular weight is 267 g/mol. The predicted octanol–water partition coefficient (Wildman–Crippen LogP) is 2.92. The monoisotopic (exact) mass is 267 g/mol. The first-order valence-corrected chi connectivity index (χ1v) is 7.35. The lowest BCUT2D eigenvalue weighted by Gasteiger charge is -2.36. The maximum absolute atomic E-state index is 6.01. The van der Waals surface area contributed by atoms with E-state index in [4.69, 9.17) is 15.0 Å². The number of hydrogen-bond acceptors (Lipinski definition) is 5. The Morgan fingerprint density at radius 3 is 2.68 bits per heavy atom. The molecule has 0 saturated heterocycles. The summed E-state index contributed by atoms with van der Waals surface area (Å²) in [6.07, 6.45) is 5.00. The van der Waals surface area contributed by atoms with E-state index in [0.717, 1.165) is 38.0 Å². The van der Waals surface area contributed by atoms with E-state index in [0.29, 0.717) is 18.3 Å². The molecule has 1 aliphatic carbocycles. The van der Waals surface area contributed by atoms with Crippen LogP contribution in [0.25, 0.3) is 0 Å². The zero-order chi connectivity index (χ0) is 13.9. The quantitative estimate of drug-likeness (QED) is 0.887. The standard InChI is InChI=1S/C14H25N3O2/c1-4-11(15)12-16-13(17-19-12)14(18-5-2)8-6-10(3)7-9-14/h10-11H,4-9,15H2,1-3H3/t10?,11-,14?/m0/s1. The summed E-state index contributed by atoms with van der Waals surface area (Å²) in [5, 5.41) is 4.13. The summed E-state index contributed by atoms with van der Waals surface area (Å²) in [4.78, 5) is 4.49. The van der Waals surface area contributed by atoms with Crippen molar-refractivity contribution in [1.82, 2.24) is 10.1 Å². The Labute approximate surface area is 114 Å². The molecule has 19 heavy (non-hydrogen) atoms. The number of hydrogen-bond donors (Lipinski definition) is 1. The Morgan fingerprint density at radius 2 is 2.11 bits per heavy atom. The van der Waals surface area contributed by atoms with Gasteiger partial charge in [-0.3, -0.25) is 0 Å². The third kappa shape index (κ3) is 2.98. The van der Waals surface area contributed by atoms with Crippen LogP contribution in [0.3, 0.4) is 0 Å². The molecule has 1 atom stereocenters. The number of nitrogens with zero attached hydrogens (tertiary/aromatic N) is 2. The van der Waals surface area contributed by atoms with Crippen LogP contribution in [0.15, 0.2) is 4.52 Å². The Morgan fingerprint density at radius 1 is 1.42 bits per heavy atom. The lowest BCUT2D eigenvalue weighted by atomic mass is 9.79. The highest BCUT2D eigenvalue weighted by Gasteiger charge is 2.41. The molecule has 1 aromatic rings. The molecule has 0 bridgehead atoms. The molecule has 0 unspecified atom stereocenters. The molecule has 1 aromatic heterocycles. The number of rotatable bonds is 5. The van der Waals surface area contributed by atoms with Crippen LogP contribution in [0.5, 0.6) is 0 Å². The highest BCUT2D eigenvalue weighted by molar-refractivity contribution is 5.05. The molecule has 2 N–H and O–H groups in total. The number of aromatic nitrogens is 2. The molecular formula is C14H25N3O2. The molecule has 1 heterocycles. The largest absolute Gasteiger partial charge is 0.367 e. The van der Waals surface area contributed by atoms with Crippen molar-refractivity contribution in [3.05, 3.63) is 11.7 Å². The van der Waals surface area contributed by atoms with Crippen LogP contribution < -0.4 is 5.73 Å². The maximum Gasteiger partial charge on any atom is 0.243 e. The molecule has 0 amide bonds. The zero-order valence-corrected chi connectivity index (χ0v) is 12.2. The molecule has 0 aromatic carbocycles. The molecule has 0 aliphatic heterocycles. The van der Waals surface area contributed by atoms with Gasteiger partial charge in [-0.25, -0.2) is 0 Å². The van der Waals surface area contributed by atoms with Crippen molar-refractivity contribution in [3.8, 4) is 0 Å². The first-order valence-electron chi connectivity index (χ1n) is 7.35. The highest BCUT2D eigenvalue weighted by atomic mass is 16.5. The van der Waals surface area contributed by atoms with Gasteiger partial charge in [0.2, 0.25) is 11.7 Å². The molecule has 5 heteroatoms. The molecule has 1 aliphatic rings. The van der Waals surface area contributed by atoms with Gasteiger partial charge in [0.15, 0.2) is 0 Å². The van der Waals surface area contributed by atoms with Gasteiger partial charge in [-0.2, -0.15) is 4.98 Å². The van der Waals surface area contributed by atoms with Crippen LogP contribution in [0.1, 0.15) is 70.6 Å². The topological polar surface area (TPSA) is 74.2 Å². The van der Waals surface area contributed by atoms with E-state index in [-0.39, 0.29) is 11.6 Å². The summed E-state index contributed by atoms with van der Waals surface area (Å²) in [6.45, 7) is 6.97. The fourth-order valence-electron chi connectivity index (χ4n) is 2.68. The van der Waals surface area contributed by atoms with Crippen LogP contribution >= 0.6 is 0 Å². The Balaban J connectivity index is 2.21. The van der Waals surface area contributed by atoms with E-state index < -0.39 is 0 Å². The van der Waals surface area contributed by atoms with Gasteiger partial charge in [-0.1, -0.05) is 19.0 Å². The second kappa shape index (κ2) is 6.01. The SMILES string of the molecule is CCOC1(c2noc([C@@H](N)CC)n2)CCC(C)CC1. The third-order valence-electron chi connectivity index (χ3n) is 4.11. The van der Waals surface area contributed by atoms with Crippen molar-refractivity contribution in [2.45, 2.75) is 64.5 Å². The van der Waals surface area contributed by atoms with Gasteiger partial charge in [0.05, 0.1) is 6.04 Å². The van der Waals surface area contributed by atoms with E-state index >= 15 is 0 Å². The minimum Gasteiger partial charge on any atom is -0.367 e. The van der Waals surface area contributed by atoms with E-state index in [1.54, 1.807) is 0 Å². The number of ether oxygens (including phenoxy) is 1. The summed E-state index contributed by atoms with van der Waals surface area (Å²) < 4.78 is 11.3. The van der Waals surface area contributed by atoms with Crippen LogP contribution in [0.2, 0.25) is 0 Å². The van der Waals surface area contributed by atoms with E-state index in [2.05, 4.69) is 17.1 Å². The predicted molar refractivity (Wildman–Crippen MR) is 72.5 cm³/mol. The molecule has 1 fully saturated rings. The summed E-state index contributed by atoms with van der Waals surface area (Å²) in [5.74, 6) is 1.95. The molecule has 2 rings (SSSR count). The fraction of sp³-hybridized carbons (Fsp3) is 0.857. The normalized spacial score (nSPS) is 29.4. The molecule has 108 valence electrons. The average Bonchev–Trinajstić information content (AvgIpc) is 2.91. The Kier molecular flexibility index (Phi) is 4.58. The van der Waals surface area contributed by atoms with Gasteiger partial charge in [0.25, 0.3) is 0 Å². The van der Waals surface area contributed by atoms with Gasteiger partial charge in [-0.15, -0.1) is 0 Å². The van der Waals surface area contributed by atoms with Gasteiger partial charge >= 0.3 is 0 Å². The molecular weight excluding hydrogens is 242 g/mol. The molecule has 1 saturated carbocycles. The van der Waals surface area contributed by atoms with E-state index in [1.807, 2.05) is 13.8 Å². The van der Waals surface area contributed by atoms with Gasteiger partial charge < -0.3 is 15.0 Å². The van der Waals surface area contributed by atoms with Crippen molar-refractivity contribution < 1.29 is 9.26 Å². The first kappa shape index (κ1) is 14.5. The second-order valence-corrected chi connectivity index (χ2v) is 5.58. The highest BCUT2D eigenvalue weighted by Crippen LogP contribution is 2.41. The van der Waals surface area contributed by atoms with Gasteiger partial charge in [0, 0.05) is 6.61 Å². The minimum atomic E-state index is -0.365. The minimum absolute atomic E-state index is 0.178. The summed E-state index contributed by atoms with van der Waals surface area (Å²) >= 11 is 0. The maximum atomic E-state index is 6.01. The first-order chi connectivity index (χ1) is 9.11. The van der Waals surface area contributed by atoms with Crippen molar-refractivity contribution >= 4 is 0 Å². The van der Waals surface area contributed by atoms with E-state index in [9.17, 15) is 0 Å². The van der Waals surface area contributed by atoms with Gasteiger partial charge in [0.1, 0.15) is 5.60 Å². The lowest BCUT2D eigenvalue weighted by Crippen LogP contribution is -2.35. The third-order valence-corrected chi connectivity index (χ3v) is 4.11. The summed E-state index contributed by atoms with van der Waals surface area (Å²) in [5.41, 5.74) is 5.57. The van der Waals surface area contributed by atoms with Crippen LogP contribution in [-0.4, -0.2) is 16.7 Å². The van der Waals surface area contributed by atoms with Gasteiger partial charge in [-0.05, 0) is 44.9 Å². The van der Waals surface area contributed by atoms with Crippen molar-refractivity contribution in [2.75, 3.05) is 6.61 Å². The van der Waals surface area contributed by atoms with Crippen LogP contribution in [-0.2, 0) is 10.3 Å². The number of nitrogens with two attached hydrogens (primary N) is 1. The van der Waals surface area contributed by atoms with Crippen molar-refractivity contribution in [1.29, 1.82) is 0 Å². The second-order valence-electron chi connectivity index (χ2n) is 5.58. The molecule has 5 nitrogen and oxygen atoms in total. The summed E-state index contributed by atoms with van der Waals surface area (Å²) in [7, 11) is 0. The Hall–Kier alpha value is -0.940. The smallest absolute Gasteiger partial charge is 0.243 e. The van der Waals surface area contributed by atoms with Crippen LogP contribution in [0, 0.1) is 5.92 Å². The lowest BCUT2D eigenvalue weighted by molar-refractivity contribution is -0.0847. The van der Waals surface area contributed by atoms with E-state index in [1.165, 1.54) is 0 Å². The fourth-order valence-corrected chi connectivity index (χ4v) is 2.68. The summed E-state index contributed by atoms with van der Waals surface area (Å²) in [6, 6.07) is -0.178. The van der Waals surface area contributed by atoms with Crippen LogP contribution in [0.4, 0.5) is 0 Å². The zero-order valence-electron chi connectivity index (χ0n) is 12.2. The Bertz CT molecular complexity index is 397. The molecule has 0 spiro atoms. The van der Waals surface area contributed by atoms with Crippen molar-refractivity contribution in [3.63, 3.8) is 0 Å². The molecule has 0 radical (unpaired) electrons. The van der Waals surface area contributed by atoms with Crippen molar-refractivity contribution in [2.24, 2.45) is 11.7 Å².